The minimum atomic E-state index is -0.662. The summed E-state index contributed by atoms with van der Waals surface area (Å²) in [5.74, 6) is -0.0141. The fourth-order valence-corrected chi connectivity index (χ4v) is 12.0. The Morgan fingerprint density at radius 1 is 0.341 bits per heavy atom. The first kappa shape index (κ1) is 80.3. The SMILES string of the molecule is CCCCCC/C=C\C/C=C\CCCCCCCCCC(=O)OCCCCCCCCCCCCCCCCCCCCCCCCCCCCCCCC(=O)NC(CO)C(O)CCCCCCCCCCCCCCCCCCCC. The van der Waals surface area contributed by atoms with E-state index in [2.05, 4.69) is 43.5 Å². The molecule has 6 nitrogen and oxygen atoms in total. The maximum Gasteiger partial charge on any atom is 0.305 e. The summed E-state index contributed by atoms with van der Waals surface area (Å²) in [7, 11) is 0. The number of hydrogen-bond donors (Lipinski definition) is 3. The third-order valence-electron chi connectivity index (χ3n) is 17.8. The van der Waals surface area contributed by atoms with Gasteiger partial charge in [-0.25, -0.2) is 0 Å². The number of ether oxygens (including phenoxy) is 1. The van der Waals surface area contributed by atoms with Gasteiger partial charge in [0.2, 0.25) is 5.91 Å². The molecule has 6 heteroatoms. The van der Waals surface area contributed by atoms with Crippen LogP contribution in [0.3, 0.4) is 0 Å². The van der Waals surface area contributed by atoms with E-state index >= 15 is 0 Å². The van der Waals surface area contributed by atoms with Crippen LogP contribution in [0.4, 0.5) is 0 Å². The summed E-state index contributed by atoms with van der Waals surface area (Å²) in [6.07, 6.45) is 91.0. The molecule has 0 spiro atoms. The molecule has 0 heterocycles. The minimum Gasteiger partial charge on any atom is -0.466 e. The molecule has 2 atom stereocenters. The van der Waals surface area contributed by atoms with Crippen molar-refractivity contribution in [2.24, 2.45) is 0 Å². The third kappa shape index (κ3) is 67.5. The fourth-order valence-electron chi connectivity index (χ4n) is 12.0. The van der Waals surface area contributed by atoms with Gasteiger partial charge in [0.25, 0.3) is 0 Å². The Kier molecular flexibility index (Phi) is 70.4. The average Bonchev–Trinajstić information content (AvgIpc) is 3.48. The van der Waals surface area contributed by atoms with Crippen LogP contribution in [0.15, 0.2) is 24.3 Å². The number of carbonyl (C=O) groups excluding carboxylic acids is 2. The molecule has 1 amide bonds. The first-order chi connectivity index (χ1) is 40.5. The molecule has 0 aliphatic carbocycles. The van der Waals surface area contributed by atoms with Gasteiger partial charge in [-0.1, -0.05) is 378 Å². The van der Waals surface area contributed by atoms with Crippen LogP contribution in [0, 0.1) is 0 Å². The topological polar surface area (TPSA) is 95.9 Å². The van der Waals surface area contributed by atoms with Gasteiger partial charge in [0.1, 0.15) is 0 Å². The Bertz CT molecular complexity index is 1280. The number of nitrogens with one attached hydrogen (secondary N) is 1. The summed E-state index contributed by atoms with van der Waals surface area (Å²) in [6.45, 7) is 4.98. The zero-order valence-corrected chi connectivity index (χ0v) is 55.8. The van der Waals surface area contributed by atoms with Gasteiger partial charge in [0.05, 0.1) is 25.4 Å². The van der Waals surface area contributed by atoms with Crippen molar-refractivity contribution in [3.8, 4) is 0 Å². The molecular formula is C76H147NO5. The Morgan fingerprint density at radius 2 is 0.610 bits per heavy atom. The summed E-state index contributed by atoms with van der Waals surface area (Å²) < 4.78 is 5.51. The maximum atomic E-state index is 12.5. The molecule has 82 heavy (non-hydrogen) atoms. The molecule has 0 saturated carbocycles. The Balaban J connectivity index is 3.33. The standard InChI is InChI=1S/C76H147NO5/c1-3-5-7-9-11-13-15-17-19-21-36-40-44-48-52-56-60-64-68-74(79)73(72-78)77-75(80)69-65-61-57-53-49-45-41-37-34-32-30-28-26-24-23-25-27-29-31-33-35-39-43-47-51-55-59-63-67-71-82-76(81)70-66-62-58-54-50-46-42-38-22-20-18-16-14-12-10-8-6-4-2/h14,16,20,22,73-74,78-79H,3-13,15,17-19,21,23-72H2,1-2H3,(H,77,80)/b16-14-,22-20-. The molecule has 0 saturated heterocycles. The fraction of sp³-hybridized carbons (Fsp3) is 0.921. The molecular weight excluding hydrogens is 1010 g/mol. The number of aliphatic hydroxyl groups excluding tert-OH is 2. The van der Waals surface area contributed by atoms with Gasteiger partial charge in [-0.2, -0.15) is 0 Å². The van der Waals surface area contributed by atoms with E-state index in [4.69, 9.17) is 4.74 Å². The molecule has 0 bridgehead atoms. The highest BCUT2D eigenvalue weighted by Gasteiger charge is 2.20. The lowest BCUT2D eigenvalue weighted by atomic mass is 10.0. The molecule has 0 aliphatic rings. The van der Waals surface area contributed by atoms with Crippen LogP contribution in [0.25, 0.3) is 0 Å². The zero-order valence-electron chi connectivity index (χ0n) is 55.8. The Hall–Kier alpha value is -1.66. The molecule has 2 unspecified atom stereocenters. The van der Waals surface area contributed by atoms with Crippen LogP contribution in [-0.2, 0) is 14.3 Å². The van der Waals surface area contributed by atoms with E-state index in [0.29, 0.717) is 25.9 Å². The van der Waals surface area contributed by atoms with E-state index in [1.165, 1.54) is 340 Å². The second kappa shape index (κ2) is 71.8. The van der Waals surface area contributed by atoms with Crippen molar-refractivity contribution in [3.63, 3.8) is 0 Å². The second-order valence-corrected chi connectivity index (χ2v) is 26.0. The predicted octanol–water partition coefficient (Wildman–Crippen LogP) is 24.5. The van der Waals surface area contributed by atoms with E-state index in [-0.39, 0.29) is 18.5 Å². The van der Waals surface area contributed by atoms with E-state index in [9.17, 15) is 19.8 Å². The molecule has 0 radical (unpaired) electrons. The zero-order chi connectivity index (χ0) is 59.2. The van der Waals surface area contributed by atoms with Gasteiger partial charge >= 0.3 is 5.97 Å². The number of unbranched alkanes of at least 4 members (excludes halogenated alkanes) is 56. The Labute approximate surface area is 513 Å². The summed E-state index contributed by atoms with van der Waals surface area (Å²) >= 11 is 0. The highest BCUT2D eigenvalue weighted by Crippen LogP contribution is 2.20. The van der Waals surface area contributed by atoms with E-state index in [0.717, 1.165) is 51.4 Å². The van der Waals surface area contributed by atoms with Crippen molar-refractivity contribution in [2.75, 3.05) is 13.2 Å². The molecule has 0 fully saturated rings. The van der Waals surface area contributed by atoms with Crippen LogP contribution in [0.2, 0.25) is 0 Å². The van der Waals surface area contributed by atoms with E-state index < -0.39 is 12.1 Å². The molecule has 0 aromatic heterocycles. The van der Waals surface area contributed by atoms with Gasteiger partial charge < -0.3 is 20.3 Å². The number of allylic oxidation sites excluding steroid dienone is 4. The number of esters is 1. The molecule has 0 aromatic carbocycles. The maximum absolute atomic E-state index is 12.5. The van der Waals surface area contributed by atoms with Crippen molar-refractivity contribution in [1.82, 2.24) is 5.32 Å². The third-order valence-corrected chi connectivity index (χ3v) is 17.8. The molecule has 0 aromatic rings. The Morgan fingerprint density at radius 3 is 0.939 bits per heavy atom. The normalized spacial score (nSPS) is 12.6. The lowest BCUT2D eigenvalue weighted by Crippen LogP contribution is -2.45. The van der Waals surface area contributed by atoms with Crippen LogP contribution in [-0.4, -0.2) is 47.4 Å². The lowest BCUT2D eigenvalue weighted by molar-refractivity contribution is -0.143. The van der Waals surface area contributed by atoms with Gasteiger partial charge in [-0.05, 0) is 57.8 Å². The highest BCUT2D eigenvalue weighted by atomic mass is 16.5. The second-order valence-electron chi connectivity index (χ2n) is 26.0. The van der Waals surface area contributed by atoms with Crippen molar-refractivity contribution in [2.45, 2.75) is 437 Å². The first-order valence-electron chi connectivity index (χ1n) is 37.6. The lowest BCUT2D eigenvalue weighted by Gasteiger charge is -2.22. The predicted molar refractivity (Wildman–Crippen MR) is 361 cm³/mol. The summed E-state index contributed by atoms with van der Waals surface area (Å²) in [4.78, 5) is 24.7. The van der Waals surface area contributed by atoms with Gasteiger partial charge in [0.15, 0.2) is 0 Å². The van der Waals surface area contributed by atoms with Crippen LogP contribution >= 0.6 is 0 Å². The number of rotatable bonds is 71. The number of carbonyl (C=O) groups is 2. The number of aliphatic hydroxyl groups is 2. The van der Waals surface area contributed by atoms with Crippen molar-refractivity contribution < 1.29 is 24.5 Å². The monoisotopic (exact) mass is 1150 g/mol. The van der Waals surface area contributed by atoms with E-state index in [1.54, 1.807) is 0 Å². The van der Waals surface area contributed by atoms with Crippen LogP contribution < -0.4 is 5.32 Å². The molecule has 0 aliphatic heterocycles. The quantitative estimate of drug-likeness (QED) is 0.0320. The highest BCUT2D eigenvalue weighted by molar-refractivity contribution is 5.76. The number of amides is 1. The summed E-state index contributed by atoms with van der Waals surface area (Å²) in [6, 6.07) is -0.539. The van der Waals surface area contributed by atoms with Gasteiger partial charge in [-0.15, -0.1) is 0 Å². The largest absolute Gasteiger partial charge is 0.466 e. The van der Waals surface area contributed by atoms with Crippen molar-refractivity contribution in [3.05, 3.63) is 24.3 Å². The van der Waals surface area contributed by atoms with Crippen molar-refractivity contribution in [1.29, 1.82) is 0 Å². The minimum absolute atomic E-state index is 0.0131. The first-order valence-corrected chi connectivity index (χ1v) is 37.6. The van der Waals surface area contributed by atoms with Gasteiger partial charge in [0, 0.05) is 12.8 Å². The van der Waals surface area contributed by atoms with E-state index in [1.807, 2.05) is 0 Å². The smallest absolute Gasteiger partial charge is 0.305 e. The van der Waals surface area contributed by atoms with Gasteiger partial charge in [-0.3, -0.25) is 9.59 Å². The van der Waals surface area contributed by atoms with Crippen molar-refractivity contribution >= 4 is 11.9 Å². The molecule has 3 N–H and O–H groups in total. The van der Waals surface area contributed by atoms with Crippen LogP contribution in [0.1, 0.15) is 425 Å². The molecule has 0 rings (SSSR count). The summed E-state index contributed by atoms with van der Waals surface area (Å²) in [5, 5.41) is 23.4. The molecule has 486 valence electrons. The number of hydrogen-bond acceptors (Lipinski definition) is 5. The average molecular weight is 1160 g/mol. The summed E-state index contributed by atoms with van der Waals surface area (Å²) in [5.41, 5.74) is 0. The van der Waals surface area contributed by atoms with Crippen LogP contribution in [0.5, 0.6) is 0 Å².